The molecule has 1 aliphatic rings. The molecule has 1 N–H and O–H groups in total. The van der Waals surface area contributed by atoms with Gasteiger partial charge in [0.25, 0.3) is 0 Å². The van der Waals surface area contributed by atoms with E-state index in [2.05, 4.69) is 34.1 Å². The fourth-order valence-electron chi connectivity index (χ4n) is 1.62. The van der Waals surface area contributed by atoms with Crippen LogP contribution in [0.1, 0.15) is 19.8 Å². The average Bonchev–Trinajstić information content (AvgIpc) is 1.99. The number of aliphatic hydroxyl groups excluding tert-OH is 1. The zero-order valence-electron chi connectivity index (χ0n) is 6.99. The molecule has 1 radical (unpaired) electrons. The van der Waals surface area contributed by atoms with Gasteiger partial charge in [0.1, 0.15) is 0 Å². The molecular weight excluding hydrogens is 254 g/mol. The minimum absolute atomic E-state index is 0.304. The third-order valence-electron chi connectivity index (χ3n) is 2.44. The Bertz CT molecular complexity index is 119. The molecule has 1 unspecified atom stereocenters. The Kier molecular flexibility index (Phi) is 4.16. The number of hydrogen-bond acceptors (Lipinski definition) is 2. The SMILES string of the molecule is CC1[C@H]([Te])CCCN1CCO. The van der Waals surface area contributed by atoms with Crippen LogP contribution in [-0.4, -0.2) is 58.0 Å². The molecule has 1 heterocycles. The number of nitrogens with zero attached hydrogens (tertiary/aromatic N) is 1. The second kappa shape index (κ2) is 4.67. The van der Waals surface area contributed by atoms with Crippen LogP contribution in [0.3, 0.4) is 0 Å². The summed E-state index contributed by atoms with van der Waals surface area (Å²) in [6.45, 7) is 4.60. The van der Waals surface area contributed by atoms with Crippen LogP contribution in [-0.2, 0) is 0 Å². The first-order valence-electron chi connectivity index (χ1n) is 4.26. The van der Waals surface area contributed by atoms with Crippen LogP contribution in [0.15, 0.2) is 0 Å². The van der Waals surface area contributed by atoms with Gasteiger partial charge in [-0.25, -0.2) is 0 Å². The zero-order chi connectivity index (χ0) is 8.27. The van der Waals surface area contributed by atoms with Crippen LogP contribution < -0.4 is 0 Å². The van der Waals surface area contributed by atoms with E-state index >= 15 is 0 Å². The van der Waals surface area contributed by atoms with Gasteiger partial charge in [-0.2, -0.15) is 0 Å². The quantitative estimate of drug-likeness (QED) is 0.735. The van der Waals surface area contributed by atoms with E-state index in [0.717, 1.165) is 10.5 Å². The molecule has 0 spiro atoms. The molecule has 3 heteroatoms. The fraction of sp³-hybridized carbons (Fsp3) is 1.00. The number of aliphatic hydroxyl groups is 1. The molecule has 1 rings (SSSR count). The van der Waals surface area contributed by atoms with Gasteiger partial charge >= 0.3 is 81.8 Å². The summed E-state index contributed by atoms with van der Waals surface area (Å²) < 4.78 is 0.811. The van der Waals surface area contributed by atoms with E-state index in [1.54, 1.807) is 0 Å². The number of likely N-dealkylation sites (tertiary alicyclic amines) is 1. The Morgan fingerprint density at radius 2 is 2.36 bits per heavy atom. The Morgan fingerprint density at radius 1 is 1.64 bits per heavy atom. The van der Waals surface area contributed by atoms with Gasteiger partial charge in [0.2, 0.25) is 0 Å². The standard InChI is InChI=1S/C8H16NOTe/c1-7-8(11)3-2-4-9(7)5-6-10/h7-8,10H,2-6H2,1H3/t7?,8-/m1/s1. The number of hydrogen-bond donors (Lipinski definition) is 1. The zero-order valence-corrected chi connectivity index (χ0v) is 9.32. The first-order valence-corrected chi connectivity index (χ1v) is 5.61. The topological polar surface area (TPSA) is 23.5 Å². The van der Waals surface area contributed by atoms with Crippen molar-refractivity contribution in [2.45, 2.75) is 29.8 Å². The summed E-state index contributed by atoms with van der Waals surface area (Å²) in [6, 6.07) is 0.667. The van der Waals surface area contributed by atoms with E-state index in [-0.39, 0.29) is 0 Å². The van der Waals surface area contributed by atoms with Crippen molar-refractivity contribution in [3.05, 3.63) is 0 Å². The summed E-state index contributed by atoms with van der Waals surface area (Å²) in [7, 11) is 0. The van der Waals surface area contributed by atoms with Gasteiger partial charge in [0, 0.05) is 0 Å². The van der Waals surface area contributed by atoms with Crippen molar-refractivity contribution in [3.63, 3.8) is 0 Å². The summed E-state index contributed by atoms with van der Waals surface area (Å²) in [6.07, 6.45) is 2.65. The first kappa shape index (κ1) is 9.80. The Morgan fingerprint density at radius 3 is 3.00 bits per heavy atom. The second-order valence-electron chi connectivity index (χ2n) is 3.18. The number of piperidine rings is 1. The molecule has 0 bridgehead atoms. The summed E-state index contributed by atoms with van der Waals surface area (Å²) in [5.74, 6) is 0. The fourth-order valence-corrected chi connectivity index (χ4v) is 2.59. The molecule has 1 saturated heterocycles. The maximum absolute atomic E-state index is 8.78. The molecule has 0 amide bonds. The molecule has 0 aromatic heterocycles. The normalized spacial score (nSPS) is 34.1. The van der Waals surface area contributed by atoms with Crippen molar-refractivity contribution in [1.82, 2.24) is 4.90 Å². The van der Waals surface area contributed by atoms with Crippen molar-refractivity contribution in [2.75, 3.05) is 19.7 Å². The van der Waals surface area contributed by atoms with Gasteiger partial charge in [0.15, 0.2) is 0 Å². The molecule has 2 nitrogen and oxygen atoms in total. The molecule has 1 aliphatic heterocycles. The van der Waals surface area contributed by atoms with Gasteiger partial charge in [0.05, 0.1) is 0 Å². The van der Waals surface area contributed by atoms with Crippen LogP contribution >= 0.6 is 0 Å². The van der Waals surface area contributed by atoms with Crippen LogP contribution in [0.4, 0.5) is 0 Å². The van der Waals surface area contributed by atoms with E-state index < -0.39 is 0 Å². The Balaban J connectivity index is 2.38. The van der Waals surface area contributed by atoms with Crippen LogP contribution in [0.25, 0.3) is 0 Å². The van der Waals surface area contributed by atoms with E-state index in [1.807, 2.05) is 0 Å². The van der Waals surface area contributed by atoms with Gasteiger partial charge in [-0.3, -0.25) is 0 Å². The Labute approximate surface area is 81.9 Å². The summed E-state index contributed by atoms with van der Waals surface area (Å²) in [4.78, 5) is 2.39. The maximum atomic E-state index is 8.78. The van der Waals surface area contributed by atoms with Gasteiger partial charge in [-0.1, -0.05) is 0 Å². The second-order valence-corrected chi connectivity index (χ2v) is 4.91. The number of rotatable bonds is 2. The molecule has 0 saturated carbocycles. The van der Waals surface area contributed by atoms with E-state index in [0.29, 0.717) is 12.6 Å². The first-order chi connectivity index (χ1) is 5.25. The molecule has 1 fully saturated rings. The molecule has 2 atom stereocenters. The predicted octanol–water partition coefficient (Wildman–Crippen LogP) is 0.420. The molecule has 0 aliphatic carbocycles. The van der Waals surface area contributed by atoms with Crippen molar-refractivity contribution >= 4 is 22.3 Å². The number of β-amino-alcohol motifs (C(OH)–C–C–N with tert-alkyl or cyclic N) is 1. The van der Waals surface area contributed by atoms with Crippen molar-refractivity contribution in [1.29, 1.82) is 0 Å². The summed E-state index contributed by atoms with van der Waals surface area (Å²) >= 11 is 2.23. The van der Waals surface area contributed by atoms with Crippen LogP contribution in [0, 0.1) is 0 Å². The predicted molar refractivity (Wildman–Crippen MR) is 46.9 cm³/mol. The monoisotopic (exact) mass is 272 g/mol. The van der Waals surface area contributed by atoms with Gasteiger partial charge in [-0.05, 0) is 0 Å². The van der Waals surface area contributed by atoms with E-state index in [4.69, 9.17) is 5.11 Å². The van der Waals surface area contributed by atoms with Crippen molar-refractivity contribution in [2.24, 2.45) is 0 Å². The van der Waals surface area contributed by atoms with Crippen molar-refractivity contribution < 1.29 is 5.11 Å². The average molecular weight is 270 g/mol. The Hall–Kier alpha value is 0.710. The van der Waals surface area contributed by atoms with E-state index in [1.165, 1.54) is 19.4 Å². The van der Waals surface area contributed by atoms with Crippen molar-refractivity contribution in [3.8, 4) is 0 Å². The third kappa shape index (κ3) is 2.59. The van der Waals surface area contributed by atoms with Gasteiger partial charge < -0.3 is 0 Å². The van der Waals surface area contributed by atoms with Crippen LogP contribution in [0.5, 0.6) is 0 Å². The molecular formula is C8H16NOTe. The third-order valence-corrected chi connectivity index (χ3v) is 4.23. The molecule has 0 aromatic carbocycles. The van der Waals surface area contributed by atoms with Gasteiger partial charge in [-0.15, -0.1) is 0 Å². The minimum atomic E-state index is 0.304. The molecule has 65 valence electrons. The molecule has 11 heavy (non-hydrogen) atoms. The molecule has 0 aromatic rings. The summed E-state index contributed by atoms with van der Waals surface area (Å²) in [5.41, 5.74) is 0. The van der Waals surface area contributed by atoms with Crippen LogP contribution in [0.2, 0.25) is 3.97 Å². The van der Waals surface area contributed by atoms with E-state index in [9.17, 15) is 0 Å². The summed E-state index contributed by atoms with van der Waals surface area (Å²) in [5, 5.41) is 8.78.